The second-order valence-electron chi connectivity index (χ2n) is 5.45. The Hall–Kier alpha value is 0.270. The van der Waals surface area contributed by atoms with E-state index in [4.69, 9.17) is 0 Å². The molecule has 0 aromatic carbocycles. The van der Waals surface area contributed by atoms with Crippen LogP contribution in [0, 0.1) is 0 Å². The van der Waals surface area contributed by atoms with Crippen molar-refractivity contribution in [3.63, 3.8) is 0 Å². The average Bonchev–Trinajstić information content (AvgIpc) is 2.79. The molecule has 0 radical (unpaired) electrons. The average molecular weight is 242 g/mol. The molecule has 94 valence electrons. The lowest BCUT2D eigenvalue weighted by Gasteiger charge is -2.38. The highest BCUT2D eigenvalue weighted by molar-refractivity contribution is 7.99. The maximum absolute atomic E-state index is 3.63. The molecule has 2 aliphatic rings. The predicted molar refractivity (Wildman–Crippen MR) is 73.2 cm³/mol. The second-order valence-corrected chi connectivity index (χ2v) is 6.60. The van der Waals surface area contributed by atoms with Crippen LogP contribution < -0.4 is 5.32 Å². The molecule has 0 aromatic rings. The van der Waals surface area contributed by atoms with Gasteiger partial charge in [-0.05, 0) is 51.8 Å². The summed E-state index contributed by atoms with van der Waals surface area (Å²) in [6.07, 6.45) is 5.58. The van der Waals surface area contributed by atoms with Gasteiger partial charge >= 0.3 is 0 Å². The van der Waals surface area contributed by atoms with Gasteiger partial charge in [-0.1, -0.05) is 0 Å². The van der Waals surface area contributed by atoms with Crippen LogP contribution in [0.1, 0.15) is 39.5 Å². The first-order chi connectivity index (χ1) is 7.77. The molecule has 0 spiro atoms. The standard InChI is InChI=1S/C13H26N2S/c1-11(2)15(9-12-5-3-7-14-12)13-6-4-8-16-10-13/h11-14H,3-10H2,1-2H3. The predicted octanol–water partition coefficient (Wildman–Crippen LogP) is 2.34. The molecule has 0 bridgehead atoms. The van der Waals surface area contributed by atoms with Crippen molar-refractivity contribution in [3.05, 3.63) is 0 Å². The lowest BCUT2D eigenvalue weighted by atomic mass is 10.1. The quantitative estimate of drug-likeness (QED) is 0.814. The van der Waals surface area contributed by atoms with Crippen LogP contribution in [0.4, 0.5) is 0 Å². The van der Waals surface area contributed by atoms with E-state index in [1.54, 1.807) is 0 Å². The minimum absolute atomic E-state index is 0.700. The topological polar surface area (TPSA) is 15.3 Å². The van der Waals surface area contributed by atoms with E-state index >= 15 is 0 Å². The van der Waals surface area contributed by atoms with Crippen molar-refractivity contribution in [2.45, 2.75) is 57.7 Å². The molecule has 2 unspecified atom stereocenters. The highest BCUT2D eigenvalue weighted by Crippen LogP contribution is 2.24. The fourth-order valence-electron chi connectivity index (χ4n) is 2.93. The minimum atomic E-state index is 0.700. The molecule has 16 heavy (non-hydrogen) atoms. The molecule has 3 heteroatoms. The van der Waals surface area contributed by atoms with Gasteiger partial charge in [0.2, 0.25) is 0 Å². The Balaban J connectivity index is 1.87. The summed E-state index contributed by atoms with van der Waals surface area (Å²) < 4.78 is 0. The molecule has 0 aliphatic carbocycles. The first kappa shape index (κ1) is 12.7. The van der Waals surface area contributed by atoms with Gasteiger partial charge < -0.3 is 5.32 Å². The Morgan fingerprint density at radius 2 is 2.19 bits per heavy atom. The van der Waals surface area contributed by atoms with Gasteiger partial charge in [0.05, 0.1) is 0 Å². The van der Waals surface area contributed by atoms with Crippen LogP contribution >= 0.6 is 11.8 Å². The van der Waals surface area contributed by atoms with Gasteiger partial charge in [-0.25, -0.2) is 0 Å². The summed E-state index contributed by atoms with van der Waals surface area (Å²) in [5.41, 5.74) is 0. The fourth-order valence-corrected chi connectivity index (χ4v) is 4.10. The van der Waals surface area contributed by atoms with Crippen LogP contribution in [-0.4, -0.2) is 47.6 Å². The van der Waals surface area contributed by atoms with Crippen molar-refractivity contribution in [1.29, 1.82) is 0 Å². The molecule has 2 atom stereocenters. The van der Waals surface area contributed by atoms with E-state index in [0.717, 1.165) is 12.1 Å². The van der Waals surface area contributed by atoms with Gasteiger partial charge in [-0.15, -0.1) is 0 Å². The van der Waals surface area contributed by atoms with Crippen molar-refractivity contribution in [3.8, 4) is 0 Å². The summed E-state index contributed by atoms with van der Waals surface area (Å²) in [5.74, 6) is 2.73. The van der Waals surface area contributed by atoms with Crippen LogP contribution in [0.2, 0.25) is 0 Å². The van der Waals surface area contributed by atoms with Crippen molar-refractivity contribution in [2.75, 3.05) is 24.6 Å². The molecule has 0 aromatic heterocycles. The Morgan fingerprint density at radius 3 is 2.75 bits per heavy atom. The third-order valence-corrected chi connectivity index (χ3v) is 5.06. The monoisotopic (exact) mass is 242 g/mol. The molecule has 2 fully saturated rings. The Labute approximate surface area is 105 Å². The molecule has 0 amide bonds. The van der Waals surface area contributed by atoms with Crippen molar-refractivity contribution in [1.82, 2.24) is 10.2 Å². The zero-order valence-corrected chi connectivity index (χ0v) is 11.6. The SMILES string of the molecule is CC(C)N(CC1CCCN1)C1CCCSC1. The fraction of sp³-hybridized carbons (Fsp3) is 1.00. The van der Waals surface area contributed by atoms with Crippen LogP contribution in [-0.2, 0) is 0 Å². The van der Waals surface area contributed by atoms with Crippen molar-refractivity contribution >= 4 is 11.8 Å². The molecule has 0 saturated carbocycles. The van der Waals surface area contributed by atoms with E-state index in [2.05, 4.69) is 35.8 Å². The molecule has 2 heterocycles. The maximum atomic E-state index is 3.63. The molecule has 2 saturated heterocycles. The normalized spacial score (nSPS) is 31.5. The Bertz CT molecular complexity index is 196. The zero-order valence-electron chi connectivity index (χ0n) is 10.7. The Kier molecular flexibility index (Phi) is 4.98. The number of nitrogens with one attached hydrogen (secondary N) is 1. The summed E-state index contributed by atoms with van der Waals surface area (Å²) in [6.45, 7) is 7.21. The number of thioether (sulfide) groups is 1. The van der Waals surface area contributed by atoms with Crippen molar-refractivity contribution in [2.24, 2.45) is 0 Å². The summed E-state index contributed by atoms with van der Waals surface area (Å²) in [4.78, 5) is 2.75. The van der Waals surface area contributed by atoms with Gasteiger partial charge in [0.15, 0.2) is 0 Å². The van der Waals surface area contributed by atoms with Crippen molar-refractivity contribution < 1.29 is 0 Å². The highest BCUT2D eigenvalue weighted by Gasteiger charge is 2.26. The first-order valence-corrected chi connectivity index (χ1v) is 7.99. The van der Waals surface area contributed by atoms with E-state index in [-0.39, 0.29) is 0 Å². The molecule has 2 nitrogen and oxygen atoms in total. The summed E-state index contributed by atoms with van der Waals surface area (Å²) in [6, 6.07) is 2.29. The van der Waals surface area contributed by atoms with E-state index < -0.39 is 0 Å². The largest absolute Gasteiger partial charge is 0.313 e. The number of hydrogen-bond donors (Lipinski definition) is 1. The first-order valence-electron chi connectivity index (χ1n) is 6.84. The third-order valence-electron chi connectivity index (χ3n) is 3.86. The summed E-state index contributed by atoms with van der Waals surface area (Å²) >= 11 is 2.14. The van der Waals surface area contributed by atoms with E-state index in [1.807, 2.05) is 0 Å². The molecular formula is C13H26N2S. The van der Waals surface area contributed by atoms with Gasteiger partial charge in [0.1, 0.15) is 0 Å². The van der Waals surface area contributed by atoms with Crippen LogP contribution in [0.5, 0.6) is 0 Å². The van der Waals surface area contributed by atoms with Gasteiger partial charge in [-0.2, -0.15) is 11.8 Å². The highest BCUT2D eigenvalue weighted by atomic mass is 32.2. The minimum Gasteiger partial charge on any atom is -0.313 e. The lowest BCUT2D eigenvalue weighted by Crippen LogP contribution is -2.48. The number of nitrogens with zero attached hydrogens (tertiary/aromatic N) is 1. The van der Waals surface area contributed by atoms with Crippen LogP contribution in [0.25, 0.3) is 0 Å². The van der Waals surface area contributed by atoms with Crippen LogP contribution in [0.3, 0.4) is 0 Å². The zero-order chi connectivity index (χ0) is 11.4. The van der Waals surface area contributed by atoms with E-state index in [9.17, 15) is 0 Å². The smallest absolute Gasteiger partial charge is 0.0195 e. The van der Waals surface area contributed by atoms with E-state index in [0.29, 0.717) is 6.04 Å². The summed E-state index contributed by atoms with van der Waals surface area (Å²) in [5, 5.41) is 3.63. The molecule has 2 aliphatic heterocycles. The second kappa shape index (κ2) is 6.27. The van der Waals surface area contributed by atoms with Crippen LogP contribution in [0.15, 0.2) is 0 Å². The number of rotatable bonds is 4. The van der Waals surface area contributed by atoms with Gasteiger partial charge in [0, 0.05) is 30.4 Å². The molecule has 2 rings (SSSR count). The third kappa shape index (κ3) is 3.38. The maximum Gasteiger partial charge on any atom is 0.0195 e. The lowest BCUT2D eigenvalue weighted by molar-refractivity contribution is 0.143. The molecular weight excluding hydrogens is 216 g/mol. The van der Waals surface area contributed by atoms with Gasteiger partial charge in [-0.3, -0.25) is 4.90 Å². The molecule has 1 N–H and O–H groups in total. The van der Waals surface area contributed by atoms with Gasteiger partial charge in [0.25, 0.3) is 0 Å². The van der Waals surface area contributed by atoms with E-state index in [1.165, 1.54) is 50.3 Å². The number of hydrogen-bond acceptors (Lipinski definition) is 3. The Morgan fingerprint density at radius 1 is 1.31 bits per heavy atom. The summed E-state index contributed by atoms with van der Waals surface area (Å²) in [7, 11) is 0.